The van der Waals surface area contributed by atoms with Gasteiger partial charge in [-0.3, -0.25) is 9.59 Å². The average Bonchev–Trinajstić information content (AvgIpc) is 2.63. The van der Waals surface area contributed by atoms with Crippen molar-refractivity contribution >= 4 is 29.8 Å². The van der Waals surface area contributed by atoms with Crippen LogP contribution in [0.1, 0.15) is 22.3 Å². The van der Waals surface area contributed by atoms with E-state index in [0.29, 0.717) is 36.4 Å². The van der Waals surface area contributed by atoms with Gasteiger partial charge in [-0.2, -0.15) is 0 Å². The first-order chi connectivity index (χ1) is 11.7. The first-order valence-electron chi connectivity index (χ1n) is 8.03. The monoisotopic (exact) mass is 360 g/mol. The predicted octanol–water partition coefficient (Wildman–Crippen LogP) is 2.66. The quantitative estimate of drug-likeness (QED) is 0.804. The molecule has 0 spiro atoms. The summed E-state index contributed by atoms with van der Waals surface area (Å²) in [6.45, 7) is 1.99. The Morgan fingerprint density at radius 1 is 1.08 bits per heavy atom. The van der Waals surface area contributed by atoms with Crippen molar-refractivity contribution in [2.75, 3.05) is 25.1 Å². The molecule has 1 saturated heterocycles. The van der Waals surface area contributed by atoms with Crippen LogP contribution in [0.3, 0.4) is 0 Å². The number of benzene rings is 2. The van der Waals surface area contributed by atoms with Gasteiger partial charge in [-0.25, -0.2) is 0 Å². The molecule has 1 atom stereocenters. The van der Waals surface area contributed by atoms with Crippen LogP contribution in [-0.4, -0.2) is 37.5 Å². The van der Waals surface area contributed by atoms with Gasteiger partial charge < -0.3 is 15.4 Å². The summed E-state index contributed by atoms with van der Waals surface area (Å²) in [7, 11) is 0. The Morgan fingerprint density at radius 3 is 2.56 bits per heavy atom. The molecule has 2 N–H and O–H groups in total. The van der Waals surface area contributed by atoms with Crippen molar-refractivity contribution in [3.8, 4) is 0 Å². The van der Waals surface area contributed by atoms with Crippen LogP contribution in [0.5, 0.6) is 0 Å². The van der Waals surface area contributed by atoms with Crippen LogP contribution in [-0.2, 0) is 9.53 Å². The molecule has 1 heterocycles. The summed E-state index contributed by atoms with van der Waals surface area (Å²) in [6, 6.07) is 16.1. The van der Waals surface area contributed by atoms with Crippen LogP contribution in [0.2, 0.25) is 0 Å². The Morgan fingerprint density at radius 2 is 1.84 bits per heavy atom. The molecule has 3 rings (SSSR count). The standard InChI is InChI=1S/C19H20N2O3.ClH/c22-18(12-17-13-24-10-9-20-17)21-16-8-4-7-15(11-16)19(23)14-5-2-1-3-6-14;/h1-8,11,17,20H,9-10,12-13H2,(H,21,22);1H. The second-order valence-corrected chi connectivity index (χ2v) is 5.75. The molecule has 0 aliphatic carbocycles. The lowest BCUT2D eigenvalue weighted by Crippen LogP contribution is -2.43. The van der Waals surface area contributed by atoms with E-state index in [1.807, 2.05) is 18.2 Å². The maximum atomic E-state index is 12.5. The van der Waals surface area contributed by atoms with Crippen molar-refractivity contribution < 1.29 is 14.3 Å². The van der Waals surface area contributed by atoms with Gasteiger partial charge in [0.1, 0.15) is 0 Å². The van der Waals surface area contributed by atoms with Gasteiger partial charge in [-0.15, -0.1) is 12.4 Å². The van der Waals surface area contributed by atoms with E-state index in [9.17, 15) is 9.59 Å². The number of amides is 1. The number of morpholine rings is 1. The highest BCUT2D eigenvalue weighted by molar-refractivity contribution is 6.09. The molecule has 0 aromatic heterocycles. The maximum Gasteiger partial charge on any atom is 0.226 e. The van der Waals surface area contributed by atoms with Crippen LogP contribution >= 0.6 is 12.4 Å². The normalized spacial score (nSPS) is 16.6. The second kappa shape index (κ2) is 9.32. The minimum absolute atomic E-state index is 0. The SMILES string of the molecule is Cl.O=C(CC1COCCN1)Nc1cccc(C(=O)c2ccccc2)c1. The molecule has 6 heteroatoms. The Hall–Kier alpha value is -2.21. The zero-order valence-electron chi connectivity index (χ0n) is 13.7. The molecular weight excluding hydrogens is 340 g/mol. The van der Waals surface area contributed by atoms with E-state index >= 15 is 0 Å². The maximum absolute atomic E-state index is 12.5. The van der Waals surface area contributed by atoms with Gasteiger partial charge in [0.2, 0.25) is 5.91 Å². The lowest BCUT2D eigenvalue weighted by Gasteiger charge is -2.23. The topological polar surface area (TPSA) is 67.4 Å². The van der Waals surface area contributed by atoms with Crippen LogP contribution in [0.15, 0.2) is 54.6 Å². The van der Waals surface area contributed by atoms with Crippen molar-refractivity contribution in [3.05, 3.63) is 65.7 Å². The molecule has 1 unspecified atom stereocenters. The summed E-state index contributed by atoms with van der Waals surface area (Å²) < 4.78 is 5.35. The van der Waals surface area contributed by atoms with Gasteiger partial charge in [0.25, 0.3) is 0 Å². The van der Waals surface area contributed by atoms with Crippen LogP contribution in [0.4, 0.5) is 5.69 Å². The summed E-state index contributed by atoms with van der Waals surface area (Å²) >= 11 is 0. The molecule has 0 radical (unpaired) electrons. The molecule has 1 aliphatic heterocycles. The highest BCUT2D eigenvalue weighted by Gasteiger charge is 2.17. The van der Waals surface area contributed by atoms with E-state index < -0.39 is 0 Å². The highest BCUT2D eigenvalue weighted by atomic mass is 35.5. The molecule has 2 aromatic rings. The number of nitrogens with one attached hydrogen (secondary N) is 2. The van der Waals surface area contributed by atoms with Gasteiger partial charge >= 0.3 is 0 Å². The average molecular weight is 361 g/mol. The zero-order valence-corrected chi connectivity index (χ0v) is 14.6. The van der Waals surface area contributed by atoms with Gasteiger partial charge in [0, 0.05) is 35.8 Å². The molecule has 0 bridgehead atoms. The summed E-state index contributed by atoms with van der Waals surface area (Å²) in [4.78, 5) is 24.6. The molecule has 5 nitrogen and oxygen atoms in total. The molecular formula is C19H21ClN2O3. The Bertz CT molecular complexity index is 716. The highest BCUT2D eigenvalue weighted by Crippen LogP contribution is 2.15. The van der Waals surface area contributed by atoms with E-state index in [-0.39, 0.29) is 30.1 Å². The van der Waals surface area contributed by atoms with E-state index in [4.69, 9.17) is 4.74 Å². The fourth-order valence-corrected chi connectivity index (χ4v) is 2.68. The Kier molecular flexibility index (Phi) is 7.13. The Labute approximate surface area is 153 Å². The first kappa shape index (κ1) is 19.1. The molecule has 25 heavy (non-hydrogen) atoms. The fourth-order valence-electron chi connectivity index (χ4n) is 2.68. The smallest absolute Gasteiger partial charge is 0.226 e. The van der Waals surface area contributed by atoms with Crippen molar-refractivity contribution in [1.29, 1.82) is 0 Å². The van der Waals surface area contributed by atoms with Crippen molar-refractivity contribution in [3.63, 3.8) is 0 Å². The van der Waals surface area contributed by atoms with E-state index in [1.165, 1.54) is 0 Å². The minimum Gasteiger partial charge on any atom is -0.378 e. The van der Waals surface area contributed by atoms with E-state index in [2.05, 4.69) is 10.6 Å². The lowest BCUT2D eigenvalue weighted by molar-refractivity contribution is -0.117. The van der Waals surface area contributed by atoms with E-state index in [0.717, 1.165) is 6.54 Å². The third kappa shape index (κ3) is 5.39. The van der Waals surface area contributed by atoms with Crippen LogP contribution in [0.25, 0.3) is 0 Å². The van der Waals surface area contributed by atoms with Crippen LogP contribution < -0.4 is 10.6 Å². The van der Waals surface area contributed by atoms with E-state index in [1.54, 1.807) is 36.4 Å². The summed E-state index contributed by atoms with van der Waals surface area (Å²) in [5, 5.41) is 6.10. The molecule has 2 aromatic carbocycles. The molecule has 1 aliphatic rings. The third-order valence-electron chi connectivity index (χ3n) is 3.87. The number of halogens is 1. The number of ketones is 1. The van der Waals surface area contributed by atoms with Crippen LogP contribution in [0, 0.1) is 0 Å². The molecule has 0 saturated carbocycles. The number of rotatable bonds is 5. The number of carbonyl (C=O) groups is 2. The predicted molar refractivity (Wildman–Crippen MR) is 99.4 cm³/mol. The third-order valence-corrected chi connectivity index (χ3v) is 3.87. The van der Waals surface area contributed by atoms with Gasteiger partial charge in [-0.1, -0.05) is 42.5 Å². The first-order valence-corrected chi connectivity index (χ1v) is 8.03. The molecule has 1 fully saturated rings. The summed E-state index contributed by atoms with van der Waals surface area (Å²) in [5.41, 5.74) is 1.81. The van der Waals surface area contributed by atoms with Crippen molar-refractivity contribution in [1.82, 2.24) is 5.32 Å². The minimum atomic E-state index is -0.0951. The largest absolute Gasteiger partial charge is 0.378 e. The fraction of sp³-hybridized carbons (Fsp3) is 0.263. The molecule has 1 amide bonds. The number of carbonyl (C=O) groups excluding carboxylic acids is 2. The number of hydrogen-bond donors (Lipinski definition) is 2. The zero-order chi connectivity index (χ0) is 16.8. The summed E-state index contributed by atoms with van der Waals surface area (Å²) in [5.74, 6) is -0.156. The number of ether oxygens (including phenoxy) is 1. The van der Waals surface area contributed by atoms with Crippen molar-refractivity contribution in [2.45, 2.75) is 12.5 Å². The number of anilines is 1. The second-order valence-electron chi connectivity index (χ2n) is 5.75. The summed E-state index contributed by atoms with van der Waals surface area (Å²) in [6.07, 6.45) is 0.344. The van der Waals surface area contributed by atoms with Crippen molar-refractivity contribution in [2.24, 2.45) is 0 Å². The van der Waals surface area contributed by atoms with Gasteiger partial charge in [-0.05, 0) is 12.1 Å². The Balaban J connectivity index is 0.00000225. The van der Waals surface area contributed by atoms with Gasteiger partial charge in [0.05, 0.1) is 13.2 Å². The van der Waals surface area contributed by atoms with Gasteiger partial charge in [0.15, 0.2) is 5.78 Å². The molecule has 132 valence electrons. The number of hydrogen-bond acceptors (Lipinski definition) is 4. The lowest BCUT2D eigenvalue weighted by atomic mass is 10.0.